The first-order valence-corrected chi connectivity index (χ1v) is 9.15. The van der Waals surface area contributed by atoms with Crippen LogP contribution >= 0.6 is 23.2 Å². The topological polar surface area (TPSA) is 58.2 Å². The molecule has 0 saturated carbocycles. The smallest absolute Gasteiger partial charge is 0.244 e. The number of nitrogens with one attached hydrogen (secondary N) is 2. The third-order valence-corrected chi connectivity index (χ3v) is 4.30. The number of carbonyl (C=O) groups is 2. The number of rotatable bonds is 7. The predicted octanol–water partition coefficient (Wildman–Crippen LogP) is 4.34. The second kappa shape index (κ2) is 10.6. The van der Waals surface area contributed by atoms with Crippen LogP contribution < -0.4 is 10.6 Å². The average molecular weight is 403 g/mol. The highest BCUT2D eigenvalue weighted by Gasteiger charge is 2.06. The lowest BCUT2D eigenvalue weighted by atomic mass is 10.2. The van der Waals surface area contributed by atoms with Crippen LogP contribution in [0.15, 0.2) is 60.7 Å². The maximum atomic E-state index is 11.9. The minimum absolute atomic E-state index is 0.231. The summed E-state index contributed by atoms with van der Waals surface area (Å²) in [4.78, 5) is 23.8. The van der Waals surface area contributed by atoms with Gasteiger partial charge in [-0.25, -0.2) is 0 Å². The Morgan fingerprint density at radius 3 is 1.89 bits per heavy atom. The molecule has 140 valence electrons. The number of carbonyl (C=O) groups excluding carboxylic acids is 2. The molecule has 2 rings (SSSR count). The van der Waals surface area contributed by atoms with Crippen molar-refractivity contribution in [2.75, 3.05) is 6.54 Å². The van der Waals surface area contributed by atoms with Crippen molar-refractivity contribution in [3.63, 3.8) is 0 Å². The normalized spacial score (nSPS) is 12.3. The summed E-state index contributed by atoms with van der Waals surface area (Å²) in [5, 5.41) is 6.66. The minimum Gasteiger partial charge on any atom is -0.351 e. The van der Waals surface area contributed by atoms with Crippen molar-refractivity contribution in [3.05, 3.63) is 81.9 Å². The third kappa shape index (κ3) is 7.29. The molecule has 0 spiro atoms. The van der Waals surface area contributed by atoms with Gasteiger partial charge < -0.3 is 10.6 Å². The van der Waals surface area contributed by atoms with E-state index in [1.807, 2.05) is 36.4 Å². The van der Waals surface area contributed by atoms with Gasteiger partial charge in [0.25, 0.3) is 0 Å². The Morgan fingerprint density at radius 2 is 1.37 bits per heavy atom. The lowest BCUT2D eigenvalue weighted by Gasteiger charge is -2.12. The average Bonchev–Trinajstić information content (AvgIpc) is 2.65. The van der Waals surface area contributed by atoms with Gasteiger partial charge in [-0.15, -0.1) is 0 Å². The highest BCUT2D eigenvalue weighted by Crippen LogP contribution is 2.16. The highest BCUT2D eigenvalue weighted by atomic mass is 35.5. The molecule has 0 heterocycles. The first-order chi connectivity index (χ1) is 13.0. The second-order valence-electron chi connectivity index (χ2n) is 5.86. The van der Waals surface area contributed by atoms with Gasteiger partial charge in [0.2, 0.25) is 11.8 Å². The van der Waals surface area contributed by atoms with Crippen LogP contribution in [0.2, 0.25) is 10.0 Å². The molecule has 0 fully saturated rings. The summed E-state index contributed by atoms with van der Waals surface area (Å²) in [5.41, 5.74) is 1.53. The van der Waals surface area contributed by atoms with Gasteiger partial charge in [0.1, 0.15) is 0 Å². The van der Waals surface area contributed by atoms with Crippen molar-refractivity contribution in [2.24, 2.45) is 0 Å². The summed E-state index contributed by atoms with van der Waals surface area (Å²) >= 11 is 12.1. The number of hydrogen-bond acceptors (Lipinski definition) is 2. The van der Waals surface area contributed by atoms with E-state index in [4.69, 9.17) is 23.2 Å². The number of amides is 2. The van der Waals surface area contributed by atoms with Crippen molar-refractivity contribution in [1.29, 1.82) is 0 Å². The van der Waals surface area contributed by atoms with Crippen LogP contribution in [0.5, 0.6) is 0 Å². The van der Waals surface area contributed by atoms with Crippen molar-refractivity contribution < 1.29 is 9.59 Å². The summed E-state index contributed by atoms with van der Waals surface area (Å²) in [6.07, 6.45) is 6.12. The molecule has 1 atom stereocenters. The number of hydrogen-bond donors (Lipinski definition) is 2. The summed E-state index contributed by atoms with van der Waals surface area (Å²) < 4.78 is 0. The quantitative estimate of drug-likeness (QED) is 0.676. The molecule has 2 N–H and O–H groups in total. The van der Waals surface area contributed by atoms with Crippen LogP contribution in [0, 0.1) is 0 Å². The van der Waals surface area contributed by atoms with E-state index in [-0.39, 0.29) is 17.9 Å². The fourth-order valence-electron chi connectivity index (χ4n) is 2.21. The van der Waals surface area contributed by atoms with Gasteiger partial charge in [-0.2, -0.15) is 0 Å². The lowest BCUT2D eigenvalue weighted by molar-refractivity contribution is -0.118. The van der Waals surface area contributed by atoms with Crippen LogP contribution in [0.3, 0.4) is 0 Å². The molecule has 0 saturated heterocycles. The number of halogens is 2. The number of benzene rings is 2. The molecule has 2 aromatic rings. The van der Waals surface area contributed by atoms with E-state index in [0.29, 0.717) is 16.6 Å². The van der Waals surface area contributed by atoms with E-state index in [1.165, 1.54) is 12.2 Å². The maximum Gasteiger partial charge on any atom is 0.244 e. The molecule has 2 aromatic carbocycles. The van der Waals surface area contributed by atoms with E-state index in [0.717, 1.165) is 11.1 Å². The maximum absolute atomic E-state index is 11.9. The molecule has 6 heteroatoms. The van der Waals surface area contributed by atoms with Crippen molar-refractivity contribution in [2.45, 2.75) is 13.0 Å². The fraction of sp³-hybridized carbons (Fsp3) is 0.143. The van der Waals surface area contributed by atoms with Crippen LogP contribution in [0.25, 0.3) is 12.2 Å². The molecular weight excluding hydrogens is 383 g/mol. The van der Waals surface area contributed by atoms with Crippen LogP contribution in [0.4, 0.5) is 0 Å². The Morgan fingerprint density at radius 1 is 0.889 bits per heavy atom. The van der Waals surface area contributed by atoms with Crippen molar-refractivity contribution in [1.82, 2.24) is 10.6 Å². The lowest BCUT2D eigenvalue weighted by Crippen LogP contribution is -2.40. The van der Waals surface area contributed by atoms with Crippen LogP contribution in [-0.2, 0) is 9.59 Å². The minimum atomic E-state index is -0.261. The van der Waals surface area contributed by atoms with Gasteiger partial charge in [0.05, 0.1) is 0 Å². The zero-order valence-electron chi connectivity index (χ0n) is 14.8. The first-order valence-electron chi connectivity index (χ1n) is 8.39. The summed E-state index contributed by atoms with van der Waals surface area (Å²) in [6, 6.07) is 14.3. The zero-order valence-corrected chi connectivity index (χ0v) is 16.3. The Labute approximate surface area is 168 Å². The van der Waals surface area contributed by atoms with E-state index in [2.05, 4.69) is 10.6 Å². The Hall–Kier alpha value is -2.56. The fourth-order valence-corrected chi connectivity index (χ4v) is 2.60. The summed E-state index contributed by atoms with van der Waals surface area (Å²) in [5.74, 6) is -0.522. The molecule has 0 aliphatic rings. The van der Waals surface area contributed by atoms with Crippen molar-refractivity contribution in [3.8, 4) is 0 Å². The van der Waals surface area contributed by atoms with Crippen LogP contribution in [-0.4, -0.2) is 24.4 Å². The van der Waals surface area contributed by atoms with E-state index >= 15 is 0 Å². The molecule has 0 unspecified atom stereocenters. The molecule has 2 amide bonds. The van der Waals surface area contributed by atoms with E-state index in [9.17, 15) is 9.59 Å². The monoisotopic (exact) mass is 402 g/mol. The van der Waals surface area contributed by atoms with Gasteiger partial charge in [-0.1, -0.05) is 59.6 Å². The van der Waals surface area contributed by atoms with Gasteiger partial charge in [0, 0.05) is 34.8 Å². The van der Waals surface area contributed by atoms with Gasteiger partial charge in [-0.05, 0) is 42.3 Å². The second-order valence-corrected chi connectivity index (χ2v) is 6.68. The third-order valence-electron chi connectivity index (χ3n) is 3.61. The molecule has 0 aliphatic heterocycles. The SMILES string of the molecule is C[C@H](CNC(=O)/C=C\c1ccccc1Cl)NC(=O)/C=C\c1ccccc1Cl. The van der Waals surface area contributed by atoms with Crippen LogP contribution in [0.1, 0.15) is 18.1 Å². The van der Waals surface area contributed by atoms with E-state index in [1.54, 1.807) is 31.2 Å². The highest BCUT2D eigenvalue weighted by molar-refractivity contribution is 6.32. The molecule has 0 radical (unpaired) electrons. The van der Waals surface area contributed by atoms with Crippen molar-refractivity contribution >= 4 is 47.2 Å². The summed E-state index contributed by atoms with van der Waals surface area (Å²) in [6.45, 7) is 2.11. The Bertz CT molecular complexity index is 863. The summed E-state index contributed by atoms with van der Waals surface area (Å²) in [7, 11) is 0. The molecule has 27 heavy (non-hydrogen) atoms. The zero-order chi connectivity index (χ0) is 19.6. The molecule has 0 aliphatic carbocycles. The largest absolute Gasteiger partial charge is 0.351 e. The molecule has 0 aromatic heterocycles. The molecular formula is C21H20Cl2N2O2. The van der Waals surface area contributed by atoms with E-state index < -0.39 is 0 Å². The Kier molecular flexibility index (Phi) is 8.11. The Balaban J connectivity index is 1.77. The van der Waals surface area contributed by atoms with Gasteiger partial charge in [0.15, 0.2) is 0 Å². The van der Waals surface area contributed by atoms with Gasteiger partial charge in [-0.3, -0.25) is 9.59 Å². The predicted molar refractivity (Wildman–Crippen MR) is 112 cm³/mol. The molecule has 0 bridgehead atoms. The van der Waals surface area contributed by atoms with Gasteiger partial charge >= 0.3 is 0 Å². The first kappa shape index (κ1) is 20.7. The standard InChI is InChI=1S/C21H20Cl2N2O2/c1-15(25-21(27)13-11-17-7-3-5-9-19(17)23)14-24-20(26)12-10-16-6-2-4-8-18(16)22/h2-13,15H,14H2,1H3,(H,24,26)(H,25,27)/b12-10-,13-11-/t15-/m1/s1. The molecule has 4 nitrogen and oxygen atoms in total.